The summed E-state index contributed by atoms with van der Waals surface area (Å²) in [6.07, 6.45) is 2.32. The number of aromatic hydroxyl groups is 1. The van der Waals surface area contributed by atoms with E-state index in [9.17, 15) is 18.3 Å². The van der Waals surface area contributed by atoms with Gasteiger partial charge in [-0.3, -0.25) is 4.79 Å². The number of benzene rings is 3. The molecule has 9 heteroatoms. The fourth-order valence-electron chi connectivity index (χ4n) is 6.30. The van der Waals surface area contributed by atoms with Crippen molar-refractivity contribution in [2.75, 3.05) is 11.3 Å². The highest BCUT2D eigenvalue weighted by Crippen LogP contribution is 2.31. The minimum Gasteiger partial charge on any atom is -0.493 e. The van der Waals surface area contributed by atoms with Crippen LogP contribution in [0, 0.1) is 19.8 Å². The highest BCUT2D eigenvalue weighted by atomic mass is 32.2. The Kier molecular flexibility index (Phi) is 9.27. The SMILES string of the molecule is Cc1cccc(C)c1-c1cc(O)nc(NS(=O)(=O)c2cccc(C(=O)N3CCc4cc(C(C)(C)C)ccc4C[C@H]3CC(C)C)c2)n1. The first-order valence-corrected chi connectivity index (χ1v) is 17.3. The summed E-state index contributed by atoms with van der Waals surface area (Å²) in [5.41, 5.74) is 7.18. The van der Waals surface area contributed by atoms with Gasteiger partial charge in [0.2, 0.25) is 11.8 Å². The molecule has 242 valence electrons. The second-order valence-corrected chi connectivity index (χ2v) is 15.5. The van der Waals surface area contributed by atoms with Crippen molar-refractivity contribution >= 4 is 21.9 Å². The fraction of sp³-hybridized carbons (Fsp3) is 0.378. The van der Waals surface area contributed by atoms with Gasteiger partial charge in [0.05, 0.1) is 10.6 Å². The minimum atomic E-state index is -4.20. The maximum atomic E-state index is 14.1. The van der Waals surface area contributed by atoms with Crippen molar-refractivity contribution in [3.63, 3.8) is 0 Å². The van der Waals surface area contributed by atoms with Crippen LogP contribution in [0.3, 0.4) is 0 Å². The van der Waals surface area contributed by atoms with E-state index in [1.165, 1.54) is 34.9 Å². The van der Waals surface area contributed by atoms with E-state index >= 15 is 0 Å². The maximum absolute atomic E-state index is 14.1. The Hall–Kier alpha value is -4.24. The van der Waals surface area contributed by atoms with Gasteiger partial charge < -0.3 is 10.0 Å². The standard InChI is InChI=1S/C37H44N4O4S/c1-23(2)18-30-20-26-14-15-29(37(5,6)7)19-27(26)16-17-41(30)35(43)28-12-9-13-31(21-28)46(44,45)40-36-38-32(22-33(42)39-36)34-24(3)10-8-11-25(34)4/h8-15,19,21-23,30H,16-18,20H2,1-7H3,(H2,38,39,40,42)/t30-/m1/s1. The molecule has 0 unspecified atom stereocenters. The molecule has 8 nitrogen and oxygen atoms in total. The van der Waals surface area contributed by atoms with Gasteiger partial charge in [0, 0.05) is 29.8 Å². The van der Waals surface area contributed by atoms with Crippen LogP contribution in [-0.4, -0.2) is 46.9 Å². The normalized spacial score (nSPS) is 15.4. The Bertz CT molecular complexity index is 1860. The van der Waals surface area contributed by atoms with E-state index < -0.39 is 10.0 Å². The molecule has 0 bridgehead atoms. The second kappa shape index (κ2) is 12.9. The highest BCUT2D eigenvalue weighted by Gasteiger charge is 2.30. The molecule has 0 radical (unpaired) electrons. The van der Waals surface area contributed by atoms with Gasteiger partial charge in [-0.15, -0.1) is 0 Å². The second-order valence-electron chi connectivity index (χ2n) is 13.8. The van der Waals surface area contributed by atoms with Crippen LogP contribution in [0.4, 0.5) is 5.95 Å². The van der Waals surface area contributed by atoms with E-state index in [4.69, 9.17) is 0 Å². The van der Waals surface area contributed by atoms with E-state index in [1.807, 2.05) is 36.9 Å². The summed E-state index contributed by atoms with van der Waals surface area (Å²) < 4.78 is 29.6. The molecule has 2 heterocycles. The first kappa shape index (κ1) is 33.1. The zero-order valence-electron chi connectivity index (χ0n) is 27.8. The third-order valence-corrected chi connectivity index (χ3v) is 9.99. The number of carbonyl (C=O) groups excluding carboxylic acids is 1. The summed E-state index contributed by atoms with van der Waals surface area (Å²) in [6, 6.07) is 19.9. The summed E-state index contributed by atoms with van der Waals surface area (Å²) in [4.78, 5) is 24.3. The lowest BCUT2D eigenvalue weighted by Gasteiger charge is -2.31. The highest BCUT2D eigenvalue weighted by molar-refractivity contribution is 7.92. The van der Waals surface area contributed by atoms with E-state index in [2.05, 4.69) is 67.5 Å². The fourth-order valence-corrected chi connectivity index (χ4v) is 7.29. The third-order valence-electron chi connectivity index (χ3n) is 8.66. The van der Waals surface area contributed by atoms with Crippen LogP contribution in [0.1, 0.15) is 79.2 Å². The summed E-state index contributed by atoms with van der Waals surface area (Å²) in [5.74, 6) is -0.437. The Morgan fingerprint density at radius 1 is 0.978 bits per heavy atom. The van der Waals surface area contributed by atoms with Crippen LogP contribution in [0.15, 0.2) is 71.6 Å². The molecule has 0 saturated carbocycles. The van der Waals surface area contributed by atoms with Gasteiger partial charge in [0.15, 0.2) is 0 Å². The molecule has 0 aliphatic carbocycles. The molecule has 0 spiro atoms. The Balaban J connectivity index is 1.43. The van der Waals surface area contributed by atoms with Crippen LogP contribution in [-0.2, 0) is 28.3 Å². The molecule has 3 aromatic carbocycles. The molecular weight excluding hydrogens is 596 g/mol. The minimum absolute atomic E-state index is 0.0170. The van der Waals surface area contributed by atoms with E-state index in [-0.39, 0.29) is 34.1 Å². The summed E-state index contributed by atoms with van der Waals surface area (Å²) in [7, 11) is -4.20. The van der Waals surface area contributed by atoms with Crippen molar-refractivity contribution in [3.8, 4) is 17.1 Å². The predicted molar refractivity (Wildman–Crippen MR) is 183 cm³/mol. The number of rotatable bonds is 7. The molecule has 4 aromatic rings. The zero-order chi connectivity index (χ0) is 33.4. The number of anilines is 1. The number of carbonyl (C=O) groups is 1. The van der Waals surface area contributed by atoms with E-state index in [1.54, 1.807) is 12.1 Å². The number of hydrogen-bond acceptors (Lipinski definition) is 6. The monoisotopic (exact) mass is 640 g/mol. The van der Waals surface area contributed by atoms with Crippen molar-refractivity contribution < 1.29 is 18.3 Å². The number of aromatic nitrogens is 2. The van der Waals surface area contributed by atoms with Gasteiger partial charge in [0.25, 0.3) is 15.9 Å². The Morgan fingerprint density at radius 3 is 2.35 bits per heavy atom. The number of fused-ring (bicyclic) bond motifs is 1. The van der Waals surface area contributed by atoms with Gasteiger partial charge in [-0.1, -0.05) is 77.1 Å². The summed E-state index contributed by atoms with van der Waals surface area (Å²) in [6.45, 7) is 15.3. The topological polar surface area (TPSA) is 112 Å². The molecule has 2 N–H and O–H groups in total. The van der Waals surface area contributed by atoms with Crippen molar-refractivity contribution in [2.24, 2.45) is 5.92 Å². The molecule has 1 aliphatic heterocycles. The number of aryl methyl sites for hydroxylation is 2. The van der Waals surface area contributed by atoms with Gasteiger partial charge >= 0.3 is 0 Å². The lowest BCUT2D eigenvalue weighted by Crippen LogP contribution is -2.42. The number of nitrogens with zero attached hydrogens (tertiary/aromatic N) is 3. The van der Waals surface area contributed by atoms with Gasteiger partial charge in [-0.05, 0) is 90.5 Å². The largest absolute Gasteiger partial charge is 0.493 e. The van der Waals surface area contributed by atoms with E-state index in [0.717, 1.165) is 36.0 Å². The smallest absolute Gasteiger partial charge is 0.264 e. The first-order chi connectivity index (χ1) is 21.6. The maximum Gasteiger partial charge on any atom is 0.264 e. The molecule has 0 saturated heterocycles. The average Bonchev–Trinajstić information content (AvgIpc) is 3.14. The lowest BCUT2D eigenvalue weighted by atomic mass is 9.84. The van der Waals surface area contributed by atoms with Gasteiger partial charge in [-0.25, -0.2) is 18.1 Å². The average molecular weight is 641 g/mol. The molecule has 5 rings (SSSR count). The Labute approximate surface area is 273 Å². The first-order valence-electron chi connectivity index (χ1n) is 15.8. The molecule has 1 amide bonds. The van der Waals surface area contributed by atoms with Crippen molar-refractivity contribution in [2.45, 2.75) is 84.1 Å². The molecule has 1 atom stereocenters. The summed E-state index contributed by atoms with van der Waals surface area (Å²) >= 11 is 0. The van der Waals surface area contributed by atoms with Crippen molar-refractivity contribution in [3.05, 3.63) is 100 Å². The molecule has 0 fully saturated rings. The van der Waals surface area contributed by atoms with Gasteiger partial charge in [0.1, 0.15) is 0 Å². The molecule has 46 heavy (non-hydrogen) atoms. The molecule has 1 aromatic heterocycles. The number of sulfonamides is 1. The third kappa shape index (κ3) is 7.25. The van der Waals surface area contributed by atoms with Gasteiger partial charge in [-0.2, -0.15) is 4.98 Å². The summed E-state index contributed by atoms with van der Waals surface area (Å²) in [5, 5.41) is 10.4. The van der Waals surface area contributed by atoms with Crippen molar-refractivity contribution in [1.29, 1.82) is 0 Å². The van der Waals surface area contributed by atoms with Crippen LogP contribution < -0.4 is 4.72 Å². The lowest BCUT2D eigenvalue weighted by molar-refractivity contribution is 0.0664. The zero-order valence-corrected chi connectivity index (χ0v) is 28.6. The quantitative estimate of drug-likeness (QED) is 0.221. The number of nitrogens with one attached hydrogen (secondary N) is 1. The van der Waals surface area contributed by atoms with Crippen LogP contribution in [0.25, 0.3) is 11.3 Å². The van der Waals surface area contributed by atoms with Crippen molar-refractivity contribution in [1.82, 2.24) is 14.9 Å². The van der Waals surface area contributed by atoms with Crippen LogP contribution >= 0.6 is 0 Å². The molecule has 1 aliphatic rings. The van der Waals surface area contributed by atoms with E-state index in [0.29, 0.717) is 23.7 Å². The predicted octanol–water partition coefficient (Wildman–Crippen LogP) is 7.22. The molecular formula is C37H44N4O4S. The number of hydrogen-bond donors (Lipinski definition) is 2. The van der Waals surface area contributed by atoms with Crippen LogP contribution in [0.2, 0.25) is 0 Å². The van der Waals surface area contributed by atoms with Crippen LogP contribution in [0.5, 0.6) is 5.88 Å². The Morgan fingerprint density at radius 2 is 1.67 bits per heavy atom. The number of amides is 1.